The minimum atomic E-state index is -0.0920. The van der Waals surface area contributed by atoms with Gasteiger partial charge in [0.25, 0.3) is 0 Å². The summed E-state index contributed by atoms with van der Waals surface area (Å²) in [4.78, 5) is 11.9. The molecule has 0 bridgehead atoms. The zero-order valence-corrected chi connectivity index (χ0v) is 13.0. The van der Waals surface area contributed by atoms with Gasteiger partial charge in [-0.15, -0.1) is 0 Å². The average molecular weight is 298 g/mol. The number of anilines is 2. The Labute approximate surface area is 131 Å². The van der Waals surface area contributed by atoms with Gasteiger partial charge in [-0.05, 0) is 41.8 Å². The lowest BCUT2D eigenvalue weighted by atomic mass is 10.0. The lowest BCUT2D eigenvalue weighted by Crippen LogP contribution is -2.15. The van der Waals surface area contributed by atoms with Crippen molar-refractivity contribution in [1.82, 2.24) is 0 Å². The first kappa shape index (κ1) is 15.9. The van der Waals surface area contributed by atoms with E-state index >= 15 is 0 Å². The number of ether oxygens (including phenoxy) is 1. The number of nitrogen functional groups attached to an aromatic ring is 1. The highest BCUT2D eigenvalue weighted by molar-refractivity contribution is 5.91. The second-order valence-electron chi connectivity index (χ2n) is 5.50. The molecule has 4 heteroatoms. The van der Waals surface area contributed by atoms with Gasteiger partial charge >= 0.3 is 0 Å². The fraction of sp³-hybridized carbons (Fsp3) is 0.278. The normalized spacial score (nSPS) is 10.5. The van der Waals surface area contributed by atoms with Crippen LogP contribution in [0.3, 0.4) is 0 Å². The first-order valence-electron chi connectivity index (χ1n) is 7.43. The van der Waals surface area contributed by atoms with E-state index in [9.17, 15) is 4.79 Å². The Hall–Kier alpha value is -2.49. The Morgan fingerprint density at radius 1 is 1.18 bits per heavy atom. The van der Waals surface area contributed by atoms with Crippen LogP contribution in [-0.4, -0.2) is 12.5 Å². The van der Waals surface area contributed by atoms with Crippen LogP contribution in [0.15, 0.2) is 48.5 Å². The van der Waals surface area contributed by atoms with E-state index in [2.05, 4.69) is 25.2 Å². The smallest absolute Gasteiger partial charge is 0.227 e. The van der Waals surface area contributed by atoms with E-state index in [4.69, 9.17) is 10.5 Å². The molecule has 2 aromatic carbocycles. The molecule has 116 valence electrons. The summed E-state index contributed by atoms with van der Waals surface area (Å²) in [6.07, 6.45) is 0.292. The van der Waals surface area contributed by atoms with E-state index in [1.165, 1.54) is 5.56 Å². The molecule has 3 N–H and O–H groups in total. The summed E-state index contributed by atoms with van der Waals surface area (Å²) in [6, 6.07) is 15.1. The third-order valence-corrected chi connectivity index (χ3v) is 3.29. The molecule has 0 saturated carbocycles. The molecule has 2 aromatic rings. The largest absolute Gasteiger partial charge is 0.493 e. The van der Waals surface area contributed by atoms with E-state index in [1.807, 2.05) is 18.2 Å². The van der Waals surface area contributed by atoms with Crippen LogP contribution in [0.25, 0.3) is 0 Å². The first-order valence-corrected chi connectivity index (χ1v) is 7.43. The van der Waals surface area contributed by atoms with Crippen LogP contribution in [0, 0.1) is 0 Å². The second kappa shape index (κ2) is 7.50. The maximum Gasteiger partial charge on any atom is 0.227 e. The minimum Gasteiger partial charge on any atom is -0.493 e. The van der Waals surface area contributed by atoms with Crippen LogP contribution >= 0.6 is 0 Å². The number of hydrogen-bond donors (Lipinski definition) is 2. The topological polar surface area (TPSA) is 64.3 Å². The van der Waals surface area contributed by atoms with Gasteiger partial charge in [-0.3, -0.25) is 4.79 Å². The zero-order chi connectivity index (χ0) is 15.9. The van der Waals surface area contributed by atoms with Gasteiger partial charge in [-0.2, -0.15) is 0 Å². The SMILES string of the molecule is CC(C)c1cccc(OCCC(=O)Nc2cccc(N)c2)c1. The molecular weight excluding hydrogens is 276 g/mol. The Bertz CT molecular complexity index is 638. The summed E-state index contributed by atoms with van der Waals surface area (Å²) in [7, 11) is 0. The van der Waals surface area contributed by atoms with Crippen molar-refractivity contribution in [2.75, 3.05) is 17.7 Å². The lowest BCUT2D eigenvalue weighted by molar-refractivity contribution is -0.116. The monoisotopic (exact) mass is 298 g/mol. The predicted molar refractivity (Wildman–Crippen MR) is 90.1 cm³/mol. The molecule has 4 nitrogen and oxygen atoms in total. The Morgan fingerprint density at radius 2 is 1.95 bits per heavy atom. The van der Waals surface area contributed by atoms with Crippen molar-refractivity contribution in [2.45, 2.75) is 26.2 Å². The van der Waals surface area contributed by atoms with Gasteiger partial charge in [-0.25, -0.2) is 0 Å². The summed E-state index contributed by atoms with van der Waals surface area (Å²) in [5.74, 6) is 1.16. The van der Waals surface area contributed by atoms with E-state index in [0.29, 0.717) is 30.3 Å². The number of amides is 1. The van der Waals surface area contributed by atoms with Gasteiger partial charge in [0, 0.05) is 11.4 Å². The van der Waals surface area contributed by atoms with Crippen molar-refractivity contribution in [3.05, 3.63) is 54.1 Å². The molecule has 0 heterocycles. The molecule has 0 atom stereocenters. The van der Waals surface area contributed by atoms with Crippen molar-refractivity contribution >= 4 is 17.3 Å². The molecule has 22 heavy (non-hydrogen) atoms. The van der Waals surface area contributed by atoms with Crippen molar-refractivity contribution < 1.29 is 9.53 Å². The van der Waals surface area contributed by atoms with Crippen LogP contribution in [0.5, 0.6) is 5.75 Å². The highest BCUT2D eigenvalue weighted by Crippen LogP contribution is 2.20. The van der Waals surface area contributed by atoms with Crippen molar-refractivity contribution in [2.24, 2.45) is 0 Å². The van der Waals surface area contributed by atoms with Gasteiger partial charge in [0.05, 0.1) is 13.0 Å². The molecule has 2 rings (SSSR count). The lowest BCUT2D eigenvalue weighted by Gasteiger charge is -2.10. The maximum absolute atomic E-state index is 11.9. The fourth-order valence-corrected chi connectivity index (χ4v) is 2.06. The first-order chi connectivity index (χ1) is 10.5. The number of carbonyl (C=O) groups excluding carboxylic acids is 1. The summed E-state index contributed by atoms with van der Waals surface area (Å²) in [5, 5.41) is 2.80. The predicted octanol–water partition coefficient (Wildman–Crippen LogP) is 3.80. The van der Waals surface area contributed by atoms with Crippen LogP contribution in [0.1, 0.15) is 31.7 Å². The average Bonchev–Trinajstić information content (AvgIpc) is 2.47. The summed E-state index contributed by atoms with van der Waals surface area (Å²) >= 11 is 0. The fourth-order valence-electron chi connectivity index (χ4n) is 2.06. The Morgan fingerprint density at radius 3 is 2.68 bits per heavy atom. The van der Waals surface area contributed by atoms with Crippen LogP contribution in [0.4, 0.5) is 11.4 Å². The Kier molecular flexibility index (Phi) is 5.42. The second-order valence-corrected chi connectivity index (χ2v) is 5.50. The van der Waals surface area contributed by atoms with Gasteiger partial charge in [0.15, 0.2) is 0 Å². The van der Waals surface area contributed by atoms with Gasteiger partial charge < -0.3 is 15.8 Å². The van der Waals surface area contributed by atoms with E-state index in [-0.39, 0.29) is 5.91 Å². The number of hydrogen-bond acceptors (Lipinski definition) is 3. The minimum absolute atomic E-state index is 0.0920. The molecule has 0 fully saturated rings. The van der Waals surface area contributed by atoms with Gasteiger partial charge in [-0.1, -0.05) is 32.0 Å². The molecule has 0 radical (unpaired) electrons. The zero-order valence-electron chi connectivity index (χ0n) is 13.0. The molecule has 0 aromatic heterocycles. The highest BCUT2D eigenvalue weighted by atomic mass is 16.5. The van der Waals surface area contributed by atoms with Crippen molar-refractivity contribution in [3.8, 4) is 5.75 Å². The van der Waals surface area contributed by atoms with Gasteiger partial charge in [0.1, 0.15) is 5.75 Å². The molecule has 0 spiro atoms. The van der Waals surface area contributed by atoms with E-state index in [1.54, 1.807) is 24.3 Å². The molecule has 0 unspecified atom stereocenters. The van der Waals surface area contributed by atoms with Crippen LogP contribution in [-0.2, 0) is 4.79 Å². The van der Waals surface area contributed by atoms with E-state index in [0.717, 1.165) is 5.75 Å². The summed E-state index contributed by atoms with van der Waals surface area (Å²) in [6.45, 7) is 4.62. The van der Waals surface area contributed by atoms with Crippen molar-refractivity contribution in [1.29, 1.82) is 0 Å². The number of nitrogens with two attached hydrogens (primary N) is 1. The third kappa shape index (κ3) is 4.81. The molecular formula is C18H22N2O2. The van der Waals surface area contributed by atoms with Gasteiger partial charge in [0.2, 0.25) is 5.91 Å². The highest BCUT2D eigenvalue weighted by Gasteiger charge is 2.05. The van der Waals surface area contributed by atoms with Crippen LogP contribution in [0.2, 0.25) is 0 Å². The number of rotatable bonds is 6. The Balaban J connectivity index is 1.81. The molecule has 0 aliphatic heterocycles. The number of carbonyl (C=O) groups is 1. The quantitative estimate of drug-likeness (QED) is 0.797. The molecule has 0 aliphatic carbocycles. The molecule has 1 amide bonds. The van der Waals surface area contributed by atoms with E-state index < -0.39 is 0 Å². The molecule has 0 aliphatic rings. The van der Waals surface area contributed by atoms with Crippen molar-refractivity contribution in [3.63, 3.8) is 0 Å². The van der Waals surface area contributed by atoms with Crippen LogP contribution < -0.4 is 15.8 Å². The standard InChI is InChI=1S/C18H22N2O2/c1-13(2)14-5-3-8-17(11-14)22-10-9-18(21)20-16-7-4-6-15(19)12-16/h3-8,11-13H,9-10,19H2,1-2H3,(H,20,21). The number of nitrogens with one attached hydrogen (secondary N) is 1. The number of benzene rings is 2. The summed E-state index contributed by atoms with van der Waals surface area (Å²) in [5.41, 5.74) is 8.22. The summed E-state index contributed by atoms with van der Waals surface area (Å²) < 4.78 is 5.64. The third-order valence-electron chi connectivity index (χ3n) is 3.29. The molecule has 0 saturated heterocycles. The maximum atomic E-state index is 11.9.